The average molecular weight is 220 g/mol. The zero-order valence-electron chi connectivity index (χ0n) is 10.7. The van der Waals surface area contributed by atoms with Crippen LogP contribution in [0.25, 0.3) is 0 Å². The SMILES string of the molecule is CC(C)CC(CN)CN(C)c1ccccc1. The summed E-state index contributed by atoms with van der Waals surface area (Å²) < 4.78 is 0. The number of anilines is 1. The van der Waals surface area contributed by atoms with Gasteiger partial charge in [-0.1, -0.05) is 32.0 Å². The van der Waals surface area contributed by atoms with Gasteiger partial charge in [0.25, 0.3) is 0 Å². The van der Waals surface area contributed by atoms with E-state index in [0.717, 1.165) is 19.0 Å². The molecule has 1 rings (SSSR count). The van der Waals surface area contributed by atoms with Crippen molar-refractivity contribution in [1.29, 1.82) is 0 Å². The number of benzene rings is 1. The molecule has 0 saturated carbocycles. The lowest BCUT2D eigenvalue weighted by molar-refractivity contribution is 0.419. The Labute approximate surface area is 99.5 Å². The summed E-state index contributed by atoms with van der Waals surface area (Å²) in [5.41, 5.74) is 7.09. The molecule has 0 amide bonds. The highest BCUT2D eigenvalue weighted by Gasteiger charge is 2.12. The van der Waals surface area contributed by atoms with Crippen LogP contribution in [0, 0.1) is 11.8 Å². The van der Waals surface area contributed by atoms with Crippen LogP contribution in [0.2, 0.25) is 0 Å². The second-order valence-electron chi connectivity index (χ2n) is 4.95. The molecule has 1 aromatic carbocycles. The smallest absolute Gasteiger partial charge is 0.0363 e. The summed E-state index contributed by atoms with van der Waals surface area (Å²) in [6.07, 6.45) is 1.20. The van der Waals surface area contributed by atoms with Crippen LogP contribution < -0.4 is 10.6 Å². The molecule has 90 valence electrons. The summed E-state index contributed by atoms with van der Waals surface area (Å²) in [5.74, 6) is 1.31. The van der Waals surface area contributed by atoms with Crippen molar-refractivity contribution in [1.82, 2.24) is 0 Å². The van der Waals surface area contributed by atoms with Gasteiger partial charge in [-0.25, -0.2) is 0 Å². The summed E-state index contributed by atoms with van der Waals surface area (Å²) in [6.45, 7) is 6.32. The Balaban J connectivity index is 2.52. The first kappa shape index (κ1) is 13.0. The van der Waals surface area contributed by atoms with Gasteiger partial charge in [0, 0.05) is 19.3 Å². The lowest BCUT2D eigenvalue weighted by atomic mass is 9.96. The molecule has 0 fully saturated rings. The molecule has 2 N–H and O–H groups in total. The molecule has 1 aromatic rings. The van der Waals surface area contributed by atoms with Crippen molar-refractivity contribution >= 4 is 5.69 Å². The van der Waals surface area contributed by atoms with E-state index in [2.05, 4.69) is 50.1 Å². The van der Waals surface area contributed by atoms with Gasteiger partial charge in [0.15, 0.2) is 0 Å². The highest BCUT2D eigenvalue weighted by Crippen LogP contribution is 2.16. The number of nitrogens with two attached hydrogens (primary N) is 1. The minimum atomic E-state index is 0.588. The van der Waals surface area contributed by atoms with Gasteiger partial charge in [0.05, 0.1) is 0 Å². The van der Waals surface area contributed by atoms with Gasteiger partial charge in [0.2, 0.25) is 0 Å². The Kier molecular flexibility index (Phi) is 5.33. The molecule has 0 aliphatic heterocycles. The maximum Gasteiger partial charge on any atom is 0.0363 e. The molecule has 0 saturated heterocycles. The molecular formula is C14H24N2. The zero-order chi connectivity index (χ0) is 12.0. The van der Waals surface area contributed by atoms with E-state index in [1.165, 1.54) is 12.1 Å². The minimum absolute atomic E-state index is 0.588. The van der Waals surface area contributed by atoms with E-state index in [9.17, 15) is 0 Å². The maximum absolute atomic E-state index is 5.82. The van der Waals surface area contributed by atoms with Crippen LogP contribution in [0.15, 0.2) is 30.3 Å². The summed E-state index contributed by atoms with van der Waals surface area (Å²) in [7, 11) is 2.14. The second kappa shape index (κ2) is 6.54. The third kappa shape index (κ3) is 4.23. The number of rotatable bonds is 6. The topological polar surface area (TPSA) is 29.3 Å². The predicted octanol–water partition coefficient (Wildman–Crippen LogP) is 2.74. The van der Waals surface area contributed by atoms with Crippen molar-refractivity contribution in [2.75, 3.05) is 25.0 Å². The molecule has 16 heavy (non-hydrogen) atoms. The van der Waals surface area contributed by atoms with Crippen LogP contribution in [0.5, 0.6) is 0 Å². The van der Waals surface area contributed by atoms with Gasteiger partial charge in [-0.2, -0.15) is 0 Å². The minimum Gasteiger partial charge on any atom is -0.374 e. The Morgan fingerprint density at radius 1 is 1.19 bits per heavy atom. The molecule has 0 aliphatic rings. The first-order valence-electron chi connectivity index (χ1n) is 6.09. The first-order valence-corrected chi connectivity index (χ1v) is 6.09. The fourth-order valence-corrected chi connectivity index (χ4v) is 2.09. The largest absolute Gasteiger partial charge is 0.374 e. The summed E-state index contributed by atoms with van der Waals surface area (Å²) in [4.78, 5) is 2.29. The van der Waals surface area contributed by atoms with E-state index in [1.54, 1.807) is 0 Å². The average Bonchev–Trinajstić information content (AvgIpc) is 2.28. The zero-order valence-corrected chi connectivity index (χ0v) is 10.7. The third-order valence-electron chi connectivity index (χ3n) is 2.87. The fraction of sp³-hybridized carbons (Fsp3) is 0.571. The van der Waals surface area contributed by atoms with E-state index in [0.29, 0.717) is 5.92 Å². The predicted molar refractivity (Wildman–Crippen MR) is 71.7 cm³/mol. The monoisotopic (exact) mass is 220 g/mol. The van der Waals surface area contributed by atoms with E-state index in [4.69, 9.17) is 5.73 Å². The molecule has 2 heteroatoms. The fourth-order valence-electron chi connectivity index (χ4n) is 2.09. The normalized spacial score (nSPS) is 12.8. The summed E-state index contributed by atoms with van der Waals surface area (Å²) in [6, 6.07) is 10.5. The van der Waals surface area contributed by atoms with Crippen molar-refractivity contribution < 1.29 is 0 Å². The van der Waals surface area contributed by atoms with E-state index in [1.807, 2.05) is 6.07 Å². The lowest BCUT2D eigenvalue weighted by Crippen LogP contribution is -2.30. The van der Waals surface area contributed by atoms with Crippen LogP contribution in [-0.4, -0.2) is 20.1 Å². The number of nitrogens with zero attached hydrogens (tertiary/aromatic N) is 1. The lowest BCUT2D eigenvalue weighted by Gasteiger charge is -2.26. The molecular weight excluding hydrogens is 196 g/mol. The number of hydrogen-bond donors (Lipinski definition) is 1. The first-order chi connectivity index (χ1) is 7.63. The van der Waals surface area contributed by atoms with Crippen molar-refractivity contribution in [3.05, 3.63) is 30.3 Å². The van der Waals surface area contributed by atoms with Gasteiger partial charge in [0.1, 0.15) is 0 Å². The van der Waals surface area contributed by atoms with Crippen molar-refractivity contribution in [2.24, 2.45) is 17.6 Å². The second-order valence-corrected chi connectivity index (χ2v) is 4.95. The van der Waals surface area contributed by atoms with E-state index < -0.39 is 0 Å². The molecule has 0 aromatic heterocycles. The Morgan fingerprint density at radius 2 is 1.81 bits per heavy atom. The summed E-state index contributed by atoms with van der Waals surface area (Å²) in [5, 5.41) is 0. The quantitative estimate of drug-likeness (QED) is 0.798. The molecule has 0 spiro atoms. The number of para-hydroxylation sites is 1. The van der Waals surface area contributed by atoms with E-state index >= 15 is 0 Å². The highest BCUT2D eigenvalue weighted by atomic mass is 15.1. The van der Waals surface area contributed by atoms with Crippen LogP contribution in [0.1, 0.15) is 20.3 Å². The molecule has 0 radical (unpaired) electrons. The highest BCUT2D eigenvalue weighted by molar-refractivity contribution is 5.44. The van der Waals surface area contributed by atoms with Gasteiger partial charge >= 0.3 is 0 Å². The van der Waals surface area contributed by atoms with Crippen LogP contribution in [-0.2, 0) is 0 Å². The molecule has 0 aliphatic carbocycles. The van der Waals surface area contributed by atoms with Crippen molar-refractivity contribution in [2.45, 2.75) is 20.3 Å². The van der Waals surface area contributed by atoms with Gasteiger partial charge in [-0.05, 0) is 36.9 Å². The van der Waals surface area contributed by atoms with Crippen molar-refractivity contribution in [3.8, 4) is 0 Å². The van der Waals surface area contributed by atoms with Crippen LogP contribution >= 0.6 is 0 Å². The van der Waals surface area contributed by atoms with Crippen molar-refractivity contribution in [3.63, 3.8) is 0 Å². The molecule has 1 unspecified atom stereocenters. The molecule has 0 heterocycles. The number of hydrogen-bond acceptors (Lipinski definition) is 2. The molecule has 0 bridgehead atoms. The third-order valence-corrected chi connectivity index (χ3v) is 2.87. The maximum atomic E-state index is 5.82. The molecule has 2 nitrogen and oxygen atoms in total. The molecule has 1 atom stereocenters. The Bertz CT molecular complexity index is 282. The standard InChI is InChI=1S/C14H24N2/c1-12(2)9-13(10-15)11-16(3)14-7-5-4-6-8-14/h4-8,12-13H,9-11,15H2,1-3H3. The van der Waals surface area contributed by atoms with E-state index in [-0.39, 0.29) is 0 Å². The Hall–Kier alpha value is -1.02. The van der Waals surface area contributed by atoms with Gasteiger partial charge < -0.3 is 10.6 Å². The summed E-state index contributed by atoms with van der Waals surface area (Å²) >= 11 is 0. The van der Waals surface area contributed by atoms with Crippen LogP contribution in [0.3, 0.4) is 0 Å². The van der Waals surface area contributed by atoms with Crippen LogP contribution in [0.4, 0.5) is 5.69 Å². The Morgan fingerprint density at radius 3 is 2.31 bits per heavy atom. The van der Waals surface area contributed by atoms with Gasteiger partial charge in [-0.3, -0.25) is 0 Å². The van der Waals surface area contributed by atoms with Gasteiger partial charge in [-0.15, -0.1) is 0 Å².